The SMILES string of the molecule is CC(N)C(Sc1ccc(F)cc1)c1ccc(Br)s1. The summed E-state index contributed by atoms with van der Waals surface area (Å²) in [5.74, 6) is -0.212. The highest BCUT2D eigenvalue weighted by molar-refractivity contribution is 9.11. The smallest absolute Gasteiger partial charge is 0.123 e. The van der Waals surface area contributed by atoms with E-state index in [4.69, 9.17) is 5.73 Å². The average molecular weight is 346 g/mol. The number of halogens is 2. The minimum Gasteiger partial charge on any atom is -0.327 e. The molecule has 2 aromatic rings. The Bertz CT molecular complexity index is 510. The van der Waals surface area contributed by atoms with Crippen molar-refractivity contribution in [3.8, 4) is 0 Å². The zero-order chi connectivity index (χ0) is 13.1. The topological polar surface area (TPSA) is 26.0 Å². The molecule has 2 atom stereocenters. The number of thioether (sulfide) groups is 1. The van der Waals surface area contributed by atoms with E-state index in [1.165, 1.54) is 17.0 Å². The monoisotopic (exact) mass is 345 g/mol. The van der Waals surface area contributed by atoms with Crippen molar-refractivity contribution < 1.29 is 4.39 Å². The summed E-state index contributed by atoms with van der Waals surface area (Å²) in [6, 6.07) is 10.7. The molecule has 0 spiro atoms. The van der Waals surface area contributed by atoms with Gasteiger partial charge in [-0.2, -0.15) is 0 Å². The minimum atomic E-state index is -0.212. The van der Waals surface area contributed by atoms with Crippen molar-refractivity contribution in [3.63, 3.8) is 0 Å². The van der Waals surface area contributed by atoms with Gasteiger partial charge in [0.2, 0.25) is 0 Å². The second-order valence-electron chi connectivity index (χ2n) is 3.99. The Morgan fingerprint density at radius 3 is 2.39 bits per heavy atom. The third kappa shape index (κ3) is 3.57. The van der Waals surface area contributed by atoms with Crippen LogP contribution in [0.3, 0.4) is 0 Å². The van der Waals surface area contributed by atoms with Crippen LogP contribution in [0.25, 0.3) is 0 Å². The first-order chi connectivity index (χ1) is 8.56. The molecule has 1 nitrogen and oxygen atoms in total. The number of rotatable bonds is 4. The van der Waals surface area contributed by atoms with Crippen LogP contribution >= 0.6 is 39.0 Å². The van der Waals surface area contributed by atoms with E-state index in [0.29, 0.717) is 0 Å². The molecule has 2 N–H and O–H groups in total. The summed E-state index contributed by atoms with van der Waals surface area (Å²) < 4.78 is 14.0. The van der Waals surface area contributed by atoms with Crippen LogP contribution in [-0.2, 0) is 0 Å². The van der Waals surface area contributed by atoms with Gasteiger partial charge in [-0.1, -0.05) is 0 Å². The van der Waals surface area contributed by atoms with Crippen LogP contribution in [0.1, 0.15) is 17.1 Å². The Morgan fingerprint density at radius 1 is 1.22 bits per heavy atom. The maximum Gasteiger partial charge on any atom is 0.123 e. The van der Waals surface area contributed by atoms with Gasteiger partial charge in [-0.3, -0.25) is 0 Å². The van der Waals surface area contributed by atoms with Crippen LogP contribution in [0, 0.1) is 5.82 Å². The molecule has 2 rings (SSSR count). The molecule has 5 heteroatoms. The van der Waals surface area contributed by atoms with Crippen molar-refractivity contribution in [2.45, 2.75) is 23.1 Å². The molecule has 2 unspecified atom stereocenters. The Hall–Kier alpha value is -0.360. The quantitative estimate of drug-likeness (QED) is 0.803. The van der Waals surface area contributed by atoms with Gasteiger partial charge in [0.1, 0.15) is 5.82 Å². The highest BCUT2D eigenvalue weighted by Crippen LogP contribution is 2.41. The number of hydrogen-bond acceptors (Lipinski definition) is 3. The van der Waals surface area contributed by atoms with Gasteiger partial charge < -0.3 is 5.73 Å². The summed E-state index contributed by atoms with van der Waals surface area (Å²) in [4.78, 5) is 2.26. The normalized spacial score (nSPS) is 14.4. The van der Waals surface area contributed by atoms with E-state index in [0.717, 1.165) is 8.68 Å². The third-order valence-electron chi connectivity index (χ3n) is 2.43. The van der Waals surface area contributed by atoms with Crippen LogP contribution in [0.15, 0.2) is 45.1 Å². The predicted molar refractivity (Wildman–Crippen MR) is 80.7 cm³/mol. The van der Waals surface area contributed by atoms with E-state index in [-0.39, 0.29) is 17.1 Å². The van der Waals surface area contributed by atoms with E-state index in [1.807, 2.05) is 13.0 Å². The molecule has 1 aromatic heterocycles. The summed E-state index contributed by atoms with van der Waals surface area (Å²) in [6.07, 6.45) is 0. The van der Waals surface area contributed by atoms with Gasteiger partial charge in [-0.05, 0) is 59.3 Å². The number of thiophene rings is 1. The lowest BCUT2D eigenvalue weighted by Crippen LogP contribution is -2.21. The van der Waals surface area contributed by atoms with Crippen molar-refractivity contribution >= 4 is 39.0 Å². The Kier molecular flexibility index (Phi) is 4.84. The molecule has 1 heterocycles. The third-order valence-corrected chi connectivity index (χ3v) is 5.77. The van der Waals surface area contributed by atoms with E-state index >= 15 is 0 Å². The maximum atomic E-state index is 12.9. The average Bonchev–Trinajstić information content (AvgIpc) is 2.74. The van der Waals surface area contributed by atoms with Crippen molar-refractivity contribution in [1.82, 2.24) is 0 Å². The first-order valence-corrected chi connectivity index (χ1v) is 7.98. The Labute approximate surface area is 123 Å². The lowest BCUT2D eigenvalue weighted by Gasteiger charge is -2.18. The fourth-order valence-corrected chi connectivity index (χ4v) is 4.37. The molecule has 0 aliphatic carbocycles. The standard InChI is InChI=1S/C13H13BrFNS2/c1-8(16)13(11-6-7-12(14)18-11)17-10-4-2-9(15)3-5-10/h2-8,13H,16H2,1H3. The van der Waals surface area contributed by atoms with E-state index in [2.05, 4.69) is 22.0 Å². The lowest BCUT2D eigenvalue weighted by atomic mass is 10.2. The number of nitrogens with two attached hydrogens (primary N) is 1. The first-order valence-electron chi connectivity index (χ1n) is 5.49. The van der Waals surface area contributed by atoms with Crippen LogP contribution in [0.2, 0.25) is 0 Å². The molecular formula is C13H13BrFNS2. The molecule has 0 bridgehead atoms. The predicted octanol–water partition coefficient (Wildman–Crippen LogP) is 4.83. The molecular weight excluding hydrogens is 333 g/mol. The Balaban J connectivity index is 2.19. The van der Waals surface area contributed by atoms with E-state index in [9.17, 15) is 4.39 Å². The molecule has 0 saturated carbocycles. The van der Waals surface area contributed by atoms with Gasteiger partial charge in [0.15, 0.2) is 0 Å². The number of hydrogen-bond donors (Lipinski definition) is 1. The molecule has 0 saturated heterocycles. The molecule has 96 valence electrons. The summed E-state index contributed by atoms with van der Waals surface area (Å²) in [6.45, 7) is 1.99. The summed E-state index contributed by atoms with van der Waals surface area (Å²) in [5, 5.41) is 0.187. The summed E-state index contributed by atoms with van der Waals surface area (Å²) in [5.41, 5.74) is 6.05. The highest BCUT2D eigenvalue weighted by Gasteiger charge is 2.19. The fraction of sp³-hybridized carbons (Fsp3) is 0.231. The zero-order valence-electron chi connectivity index (χ0n) is 9.77. The molecule has 0 aliphatic heterocycles. The molecule has 0 amide bonds. The molecule has 1 aromatic carbocycles. The van der Waals surface area contributed by atoms with Crippen molar-refractivity contribution in [1.29, 1.82) is 0 Å². The van der Waals surface area contributed by atoms with Gasteiger partial charge in [0, 0.05) is 15.8 Å². The zero-order valence-corrected chi connectivity index (χ0v) is 13.0. The Morgan fingerprint density at radius 2 is 1.89 bits per heavy atom. The van der Waals surface area contributed by atoms with Crippen LogP contribution in [-0.4, -0.2) is 6.04 Å². The number of benzene rings is 1. The molecule has 0 aliphatic rings. The largest absolute Gasteiger partial charge is 0.327 e. The van der Waals surface area contributed by atoms with Gasteiger partial charge in [0.05, 0.1) is 9.04 Å². The van der Waals surface area contributed by atoms with Gasteiger partial charge in [-0.15, -0.1) is 23.1 Å². The van der Waals surface area contributed by atoms with Crippen LogP contribution < -0.4 is 5.73 Å². The molecule has 18 heavy (non-hydrogen) atoms. The fourth-order valence-electron chi connectivity index (χ4n) is 1.57. The maximum absolute atomic E-state index is 12.9. The lowest BCUT2D eigenvalue weighted by molar-refractivity contribution is 0.626. The van der Waals surface area contributed by atoms with Crippen LogP contribution in [0.4, 0.5) is 4.39 Å². The second kappa shape index (κ2) is 6.19. The van der Waals surface area contributed by atoms with Crippen molar-refractivity contribution in [3.05, 3.63) is 50.9 Å². The second-order valence-corrected chi connectivity index (χ2v) is 7.70. The molecule has 0 fully saturated rings. The summed E-state index contributed by atoms with van der Waals surface area (Å²) in [7, 11) is 0. The van der Waals surface area contributed by atoms with Crippen LogP contribution in [0.5, 0.6) is 0 Å². The summed E-state index contributed by atoms with van der Waals surface area (Å²) >= 11 is 6.82. The van der Waals surface area contributed by atoms with Gasteiger partial charge >= 0.3 is 0 Å². The first kappa shape index (κ1) is 14.1. The van der Waals surface area contributed by atoms with E-state index in [1.54, 1.807) is 35.2 Å². The highest BCUT2D eigenvalue weighted by atomic mass is 79.9. The van der Waals surface area contributed by atoms with Gasteiger partial charge in [0.25, 0.3) is 0 Å². The van der Waals surface area contributed by atoms with Gasteiger partial charge in [-0.25, -0.2) is 4.39 Å². The molecule has 0 radical (unpaired) electrons. The van der Waals surface area contributed by atoms with Crippen molar-refractivity contribution in [2.75, 3.05) is 0 Å². The van der Waals surface area contributed by atoms with E-state index < -0.39 is 0 Å². The van der Waals surface area contributed by atoms with Crippen molar-refractivity contribution in [2.24, 2.45) is 5.73 Å². The minimum absolute atomic E-state index is 0.0330.